The summed E-state index contributed by atoms with van der Waals surface area (Å²) in [6, 6.07) is 36.0. The molecule has 43 heavy (non-hydrogen) atoms. The Morgan fingerprint density at radius 2 is 1.12 bits per heavy atom. The number of hydrogen-bond acceptors (Lipinski definition) is 8. The molecule has 1 heterocycles. The maximum absolute atomic E-state index is 8.96. The molecule has 1 aliphatic heterocycles. The molecule has 0 amide bonds. The molecule has 0 bridgehead atoms. The highest BCUT2D eigenvalue weighted by Gasteiger charge is 2.23. The van der Waals surface area contributed by atoms with Crippen molar-refractivity contribution in [1.29, 1.82) is 0 Å². The Morgan fingerprint density at radius 1 is 0.674 bits per heavy atom. The lowest BCUT2D eigenvalue weighted by atomic mass is 9.80. The fourth-order valence-electron chi connectivity index (χ4n) is 3.88. The molecule has 8 N–H and O–H groups in total. The molecule has 0 aromatic heterocycles. The molecular formula is C28H42B2N2O7Si4. The second-order valence-electron chi connectivity index (χ2n) is 9.52. The minimum absolute atomic E-state index is 0. The zero-order valence-corrected chi connectivity index (χ0v) is 30.0. The summed E-state index contributed by atoms with van der Waals surface area (Å²) in [5.41, 5.74) is 8.26. The van der Waals surface area contributed by atoms with Crippen LogP contribution in [-0.2, 0) is 21.8 Å². The number of anilines is 2. The zero-order chi connectivity index (χ0) is 29.8. The van der Waals surface area contributed by atoms with E-state index in [2.05, 4.69) is 71.3 Å². The molecule has 228 valence electrons. The molecule has 0 atom stereocenters. The predicted octanol–water partition coefficient (Wildman–Crippen LogP) is -1.75. The number of rotatable bonds is 10. The van der Waals surface area contributed by atoms with E-state index < -0.39 is 26.6 Å². The van der Waals surface area contributed by atoms with Crippen LogP contribution in [-0.4, -0.2) is 78.4 Å². The molecule has 1 fully saturated rings. The molecule has 1 aliphatic rings. The van der Waals surface area contributed by atoms with Crippen molar-refractivity contribution in [2.75, 3.05) is 10.6 Å². The van der Waals surface area contributed by atoms with Gasteiger partial charge in [-0.25, -0.2) is 0 Å². The Labute approximate surface area is 264 Å². The summed E-state index contributed by atoms with van der Waals surface area (Å²) in [6.45, 7) is 1.60. The highest BCUT2D eigenvalue weighted by molar-refractivity contribution is 6.75. The number of hydrogen-bond donors (Lipinski definition) is 6. The van der Waals surface area contributed by atoms with Crippen molar-refractivity contribution in [2.24, 2.45) is 0 Å². The van der Waals surface area contributed by atoms with Crippen LogP contribution in [0.25, 0.3) is 0 Å². The summed E-state index contributed by atoms with van der Waals surface area (Å²) < 4.78 is 11.5. The van der Waals surface area contributed by atoms with Crippen molar-refractivity contribution in [1.82, 2.24) is 0 Å². The predicted molar refractivity (Wildman–Crippen MR) is 190 cm³/mol. The van der Waals surface area contributed by atoms with Gasteiger partial charge in [0.15, 0.2) is 19.5 Å². The second kappa shape index (κ2) is 21.8. The molecule has 0 aliphatic carbocycles. The van der Waals surface area contributed by atoms with Crippen molar-refractivity contribution in [3.63, 3.8) is 0 Å². The van der Waals surface area contributed by atoms with Gasteiger partial charge in [-0.2, -0.15) is 0 Å². The highest BCUT2D eigenvalue weighted by Crippen LogP contribution is 2.10. The Balaban J connectivity index is 0.000000257. The van der Waals surface area contributed by atoms with E-state index in [-0.39, 0.29) is 32.1 Å². The smallest absolute Gasteiger partial charge is 0.455 e. The molecule has 15 heteroatoms. The van der Waals surface area contributed by atoms with E-state index in [9.17, 15) is 0 Å². The van der Waals surface area contributed by atoms with Crippen LogP contribution in [0.3, 0.4) is 0 Å². The van der Waals surface area contributed by atoms with Crippen LogP contribution in [0.15, 0.2) is 109 Å². The molecule has 4 aromatic rings. The van der Waals surface area contributed by atoms with Gasteiger partial charge in [-0.3, -0.25) is 0 Å². The minimum atomic E-state index is -1.40. The van der Waals surface area contributed by atoms with E-state index in [1.807, 2.05) is 36.4 Å². The SMILES string of the molecule is O.OB(O)c1ccc(NCc2ccccc2)cc1.O[SiH2]C[SiH2]O.c1ccc(CNc2ccc(B3O[SiH2]C[SiH2]O3)cc2)cc1. The fourth-order valence-corrected chi connectivity index (χ4v) is 7.45. The van der Waals surface area contributed by atoms with Crippen molar-refractivity contribution >= 4 is 75.6 Å². The lowest BCUT2D eigenvalue weighted by Gasteiger charge is -2.20. The third-order valence-electron chi connectivity index (χ3n) is 6.21. The quantitative estimate of drug-likeness (QED) is 0.110. The Hall–Kier alpha value is -2.80. The molecule has 5 rings (SSSR count). The first kappa shape index (κ1) is 36.4. The zero-order valence-electron chi connectivity index (χ0n) is 24.3. The molecule has 9 nitrogen and oxygen atoms in total. The molecule has 0 unspecified atom stereocenters. The average molecular weight is 653 g/mol. The van der Waals surface area contributed by atoms with E-state index in [1.54, 1.807) is 12.1 Å². The summed E-state index contributed by atoms with van der Waals surface area (Å²) in [5.74, 6) is 0. The molecule has 1 saturated heterocycles. The highest BCUT2D eigenvalue weighted by atomic mass is 28.3. The lowest BCUT2D eigenvalue weighted by molar-refractivity contribution is 0.425. The van der Waals surface area contributed by atoms with E-state index in [4.69, 9.17) is 28.3 Å². The van der Waals surface area contributed by atoms with E-state index >= 15 is 0 Å². The van der Waals surface area contributed by atoms with Crippen LogP contribution >= 0.6 is 0 Å². The monoisotopic (exact) mass is 652 g/mol. The van der Waals surface area contributed by atoms with Crippen molar-refractivity contribution in [3.05, 3.63) is 120 Å². The molecular weight excluding hydrogens is 610 g/mol. The van der Waals surface area contributed by atoms with E-state index in [0.29, 0.717) is 5.46 Å². The summed E-state index contributed by atoms with van der Waals surface area (Å²) in [6.07, 6.45) is 0. The van der Waals surface area contributed by atoms with Crippen molar-refractivity contribution < 1.29 is 33.8 Å². The van der Waals surface area contributed by atoms with Crippen LogP contribution in [0.1, 0.15) is 11.1 Å². The average Bonchev–Trinajstić information content (AvgIpc) is 3.06. The van der Waals surface area contributed by atoms with Gasteiger partial charge in [-0.1, -0.05) is 84.9 Å². The standard InChI is InChI=1S/C14H18BNO2Si2.C13H14BNO2.CH8O2Si2.H2O/c1-2-4-12(5-3-1)10-16-14-8-6-13(7-9-14)15-17-19-11-20-18-15;16-14(17)12-6-8-13(9-7-12)15-10-11-4-2-1-3-5-11;2-4-1-5-3;/h1-9,16H,10-11,19-20H2;1-9,15-17H,10H2;2-3H,1,4-5H2;1H2. The fraction of sp³-hybridized carbons (Fsp3) is 0.143. The lowest BCUT2D eigenvalue weighted by Crippen LogP contribution is -2.42. The van der Waals surface area contributed by atoms with Gasteiger partial charge in [-0.05, 0) is 57.7 Å². The Kier molecular flexibility index (Phi) is 18.5. The first-order valence-electron chi connectivity index (χ1n) is 14.2. The van der Waals surface area contributed by atoms with Gasteiger partial charge in [-0.15, -0.1) is 0 Å². The normalized spacial score (nSPS) is 13.6. The van der Waals surface area contributed by atoms with Crippen molar-refractivity contribution in [3.8, 4) is 0 Å². The topological polar surface area (TPSA) is 155 Å². The van der Waals surface area contributed by atoms with Crippen LogP contribution < -0.4 is 21.6 Å². The van der Waals surface area contributed by atoms with E-state index in [0.717, 1.165) is 35.6 Å². The van der Waals surface area contributed by atoms with Crippen LogP contribution in [0.4, 0.5) is 11.4 Å². The van der Waals surface area contributed by atoms with Gasteiger partial charge in [0.1, 0.15) is 19.5 Å². The second-order valence-corrected chi connectivity index (χ2v) is 17.6. The van der Waals surface area contributed by atoms with Crippen molar-refractivity contribution in [2.45, 2.75) is 24.4 Å². The van der Waals surface area contributed by atoms with Gasteiger partial charge in [0.05, 0.1) is 0 Å². The van der Waals surface area contributed by atoms with Crippen LogP contribution in [0, 0.1) is 0 Å². The van der Waals surface area contributed by atoms with Gasteiger partial charge in [0.25, 0.3) is 0 Å². The summed E-state index contributed by atoms with van der Waals surface area (Å²) >= 11 is 0. The third-order valence-corrected chi connectivity index (χ3v) is 12.1. The largest absolute Gasteiger partial charge is 0.488 e. The van der Waals surface area contributed by atoms with Gasteiger partial charge >= 0.3 is 14.2 Å². The van der Waals surface area contributed by atoms with E-state index in [1.165, 1.54) is 16.8 Å². The maximum Gasteiger partial charge on any atom is 0.488 e. The summed E-state index contributed by atoms with van der Waals surface area (Å²) in [5, 5.41) is 24.6. The number of benzene rings is 4. The van der Waals surface area contributed by atoms with Gasteiger partial charge < -0.3 is 44.4 Å². The molecule has 0 spiro atoms. The first-order chi connectivity index (χ1) is 20.6. The molecule has 4 aromatic carbocycles. The Morgan fingerprint density at radius 3 is 1.51 bits per heavy atom. The van der Waals surface area contributed by atoms with Crippen LogP contribution in [0.2, 0.25) is 11.3 Å². The number of nitrogens with one attached hydrogen (secondary N) is 2. The van der Waals surface area contributed by atoms with Crippen LogP contribution in [0.5, 0.6) is 0 Å². The summed E-state index contributed by atoms with van der Waals surface area (Å²) in [4.78, 5) is 16.2. The Bertz CT molecular complexity index is 1250. The molecule has 0 radical (unpaired) electrons. The minimum Gasteiger partial charge on any atom is -0.455 e. The molecule has 0 saturated carbocycles. The first-order valence-corrected chi connectivity index (χ1v) is 20.6. The van der Waals surface area contributed by atoms with Gasteiger partial charge in [0, 0.05) is 24.5 Å². The maximum atomic E-state index is 8.96. The third kappa shape index (κ3) is 14.5. The summed E-state index contributed by atoms with van der Waals surface area (Å²) in [7, 11) is -3.66. The van der Waals surface area contributed by atoms with Gasteiger partial charge in [0.2, 0.25) is 0 Å².